The number of ether oxygens (including phenoxy) is 1. The molecule has 1 aliphatic heterocycles. The fraction of sp³-hybridized carbons (Fsp3) is 0.381. The highest BCUT2D eigenvalue weighted by atomic mass is 35.5. The molecule has 0 radical (unpaired) electrons. The number of carbonyl (C=O) groups excluding carboxylic acids is 1. The lowest BCUT2D eigenvalue weighted by Crippen LogP contribution is -2.50. The van der Waals surface area contributed by atoms with Gasteiger partial charge in [-0.1, -0.05) is 50.6 Å². The van der Waals surface area contributed by atoms with Crippen molar-refractivity contribution in [2.75, 3.05) is 17.1 Å². The van der Waals surface area contributed by atoms with E-state index in [4.69, 9.17) is 16.3 Å². The summed E-state index contributed by atoms with van der Waals surface area (Å²) in [4.78, 5) is 12.7. The Labute approximate surface area is 176 Å². The number of fused-ring (bicyclic) bond motifs is 1. The molecule has 0 spiro atoms. The summed E-state index contributed by atoms with van der Waals surface area (Å²) in [6.45, 7) is 6.37. The number of sulfonamides is 1. The summed E-state index contributed by atoms with van der Waals surface area (Å²) in [5.41, 5.74) is 2.18. The van der Waals surface area contributed by atoms with Gasteiger partial charge in [0.15, 0.2) is 6.10 Å². The number of hydrogen-bond donors (Lipinski definition) is 1. The van der Waals surface area contributed by atoms with Crippen LogP contribution in [-0.2, 0) is 26.8 Å². The second-order valence-corrected chi connectivity index (χ2v) is 10.5. The lowest BCUT2D eigenvalue weighted by atomic mass is 9.86. The van der Waals surface area contributed by atoms with Gasteiger partial charge in [-0.25, -0.2) is 8.42 Å². The molecule has 1 unspecified atom stereocenters. The van der Waals surface area contributed by atoms with Gasteiger partial charge in [0, 0.05) is 11.6 Å². The Morgan fingerprint density at radius 1 is 1.21 bits per heavy atom. The van der Waals surface area contributed by atoms with Crippen LogP contribution < -0.4 is 14.4 Å². The Bertz CT molecular complexity index is 1010. The molecule has 6 nitrogen and oxygen atoms in total. The predicted molar refractivity (Wildman–Crippen MR) is 115 cm³/mol. The molecule has 1 amide bonds. The van der Waals surface area contributed by atoms with Crippen molar-refractivity contribution >= 4 is 33.2 Å². The first-order valence-corrected chi connectivity index (χ1v) is 11.5. The summed E-state index contributed by atoms with van der Waals surface area (Å²) in [7, 11) is -3.58. The third-order valence-corrected chi connectivity index (χ3v) is 6.17. The van der Waals surface area contributed by atoms with Crippen LogP contribution in [-0.4, -0.2) is 33.2 Å². The van der Waals surface area contributed by atoms with Crippen LogP contribution in [0.25, 0.3) is 0 Å². The van der Waals surface area contributed by atoms with E-state index in [0.29, 0.717) is 23.0 Å². The maximum atomic E-state index is 12.7. The van der Waals surface area contributed by atoms with Crippen molar-refractivity contribution in [3.05, 3.63) is 58.6 Å². The van der Waals surface area contributed by atoms with E-state index >= 15 is 0 Å². The highest BCUT2D eigenvalue weighted by Crippen LogP contribution is 2.38. The first-order valence-electron chi connectivity index (χ1n) is 9.26. The van der Waals surface area contributed by atoms with Crippen LogP contribution in [0.5, 0.6) is 5.75 Å². The fourth-order valence-electron chi connectivity index (χ4n) is 3.07. The Morgan fingerprint density at radius 3 is 2.45 bits per heavy atom. The number of halogens is 1. The molecule has 29 heavy (non-hydrogen) atoms. The van der Waals surface area contributed by atoms with Gasteiger partial charge in [0.2, 0.25) is 10.0 Å². The number of rotatable bonds is 4. The third kappa shape index (κ3) is 5.03. The van der Waals surface area contributed by atoms with Crippen LogP contribution in [0, 0.1) is 0 Å². The number of benzene rings is 2. The van der Waals surface area contributed by atoms with E-state index in [1.807, 2.05) is 24.3 Å². The lowest BCUT2D eigenvalue weighted by molar-refractivity contribution is -0.127. The zero-order valence-electron chi connectivity index (χ0n) is 16.9. The van der Waals surface area contributed by atoms with Gasteiger partial charge >= 0.3 is 0 Å². The summed E-state index contributed by atoms with van der Waals surface area (Å²) in [6, 6.07) is 12.6. The van der Waals surface area contributed by atoms with Gasteiger partial charge in [-0.2, -0.15) is 0 Å². The minimum Gasteiger partial charge on any atom is -0.476 e. The van der Waals surface area contributed by atoms with Gasteiger partial charge in [0.1, 0.15) is 5.75 Å². The molecule has 1 heterocycles. The molecule has 0 fully saturated rings. The van der Waals surface area contributed by atoms with Crippen LogP contribution in [0.1, 0.15) is 31.9 Å². The van der Waals surface area contributed by atoms with Crippen LogP contribution in [0.4, 0.5) is 5.69 Å². The predicted octanol–water partition coefficient (Wildman–Crippen LogP) is 3.48. The molecule has 0 aromatic heterocycles. The quantitative estimate of drug-likeness (QED) is 0.796. The molecule has 0 aliphatic carbocycles. The van der Waals surface area contributed by atoms with Crippen molar-refractivity contribution in [1.29, 1.82) is 0 Å². The maximum absolute atomic E-state index is 12.7. The first-order chi connectivity index (χ1) is 13.4. The second kappa shape index (κ2) is 7.88. The van der Waals surface area contributed by atoms with Crippen LogP contribution >= 0.6 is 11.6 Å². The summed E-state index contributed by atoms with van der Waals surface area (Å²) in [6.07, 6.45) is 0.194. The number of amides is 1. The van der Waals surface area contributed by atoms with E-state index in [9.17, 15) is 13.2 Å². The van der Waals surface area contributed by atoms with Crippen molar-refractivity contribution in [2.45, 2.75) is 38.8 Å². The highest BCUT2D eigenvalue weighted by Gasteiger charge is 2.35. The van der Waals surface area contributed by atoms with Crippen molar-refractivity contribution in [3.63, 3.8) is 0 Å². The normalized spacial score (nSPS) is 16.7. The average Bonchev–Trinajstić information content (AvgIpc) is 2.64. The maximum Gasteiger partial charge on any atom is 0.263 e. The van der Waals surface area contributed by atoms with Gasteiger partial charge in [0.25, 0.3) is 5.91 Å². The van der Waals surface area contributed by atoms with E-state index in [2.05, 4.69) is 26.1 Å². The molecule has 0 saturated heterocycles. The molecule has 0 bridgehead atoms. The Balaban J connectivity index is 1.82. The molecule has 2 aromatic rings. The van der Waals surface area contributed by atoms with Gasteiger partial charge < -0.3 is 10.1 Å². The molecular weight excluding hydrogens is 412 g/mol. The highest BCUT2D eigenvalue weighted by molar-refractivity contribution is 7.92. The monoisotopic (exact) mass is 436 g/mol. The standard InChI is InChI=1S/C21H25ClN2O4S/c1-21(2,3)15-7-10-18-17(11-15)24(29(4,26)27)13-19(28-18)20(25)23-12-14-5-8-16(22)9-6-14/h5-11,19H,12-13H2,1-4H3,(H,23,25). The molecule has 8 heteroatoms. The Morgan fingerprint density at radius 2 is 1.86 bits per heavy atom. The summed E-state index contributed by atoms with van der Waals surface area (Å²) < 4.78 is 31.9. The van der Waals surface area contributed by atoms with E-state index in [0.717, 1.165) is 17.4 Å². The van der Waals surface area contributed by atoms with E-state index in [1.54, 1.807) is 18.2 Å². The SMILES string of the molecule is CC(C)(C)c1ccc2c(c1)N(S(C)(=O)=O)CC(C(=O)NCc1ccc(Cl)cc1)O2. The molecule has 1 aliphatic rings. The van der Waals surface area contributed by atoms with Crippen LogP contribution in [0.2, 0.25) is 5.02 Å². The smallest absolute Gasteiger partial charge is 0.263 e. The minimum atomic E-state index is -3.58. The number of hydrogen-bond acceptors (Lipinski definition) is 4. The molecule has 0 saturated carbocycles. The van der Waals surface area contributed by atoms with Crippen molar-refractivity contribution < 1.29 is 17.9 Å². The zero-order chi connectivity index (χ0) is 21.4. The Kier molecular flexibility index (Phi) is 5.83. The third-order valence-electron chi connectivity index (χ3n) is 4.77. The van der Waals surface area contributed by atoms with Gasteiger partial charge in [-0.15, -0.1) is 0 Å². The fourth-order valence-corrected chi connectivity index (χ4v) is 4.11. The van der Waals surface area contributed by atoms with Crippen molar-refractivity contribution in [1.82, 2.24) is 5.32 Å². The van der Waals surface area contributed by atoms with Crippen LogP contribution in [0.3, 0.4) is 0 Å². The van der Waals surface area contributed by atoms with Crippen molar-refractivity contribution in [2.24, 2.45) is 0 Å². The Hall–Kier alpha value is -2.25. The van der Waals surface area contributed by atoms with Crippen LogP contribution in [0.15, 0.2) is 42.5 Å². The number of nitrogens with zero attached hydrogens (tertiary/aromatic N) is 1. The average molecular weight is 437 g/mol. The topological polar surface area (TPSA) is 75.7 Å². The molecule has 3 rings (SSSR count). The molecule has 2 aromatic carbocycles. The zero-order valence-corrected chi connectivity index (χ0v) is 18.5. The van der Waals surface area contributed by atoms with Crippen molar-refractivity contribution in [3.8, 4) is 5.75 Å². The second-order valence-electron chi connectivity index (χ2n) is 8.18. The van der Waals surface area contributed by atoms with Gasteiger partial charge in [-0.05, 0) is 40.8 Å². The minimum absolute atomic E-state index is 0.0775. The number of anilines is 1. The summed E-state index contributed by atoms with van der Waals surface area (Å²) in [5, 5.41) is 3.41. The lowest BCUT2D eigenvalue weighted by Gasteiger charge is -2.35. The molecular formula is C21H25ClN2O4S. The van der Waals surface area contributed by atoms with E-state index in [1.165, 1.54) is 4.31 Å². The molecule has 1 N–H and O–H groups in total. The van der Waals surface area contributed by atoms with E-state index < -0.39 is 16.1 Å². The summed E-state index contributed by atoms with van der Waals surface area (Å²) >= 11 is 5.87. The number of nitrogens with one attached hydrogen (secondary N) is 1. The van der Waals surface area contributed by atoms with E-state index in [-0.39, 0.29) is 17.9 Å². The summed E-state index contributed by atoms with van der Waals surface area (Å²) in [5.74, 6) is 0.000431. The number of carbonyl (C=O) groups is 1. The molecule has 156 valence electrons. The first kappa shape index (κ1) is 21.5. The van der Waals surface area contributed by atoms with Gasteiger partial charge in [0.05, 0.1) is 18.5 Å². The largest absolute Gasteiger partial charge is 0.476 e. The van der Waals surface area contributed by atoms with Gasteiger partial charge in [-0.3, -0.25) is 9.10 Å². The molecule has 1 atom stereocenters.